The van der Waals surface area contributed by atoms with E-state index in [0.29, 0.717) is 15.5 Å². The summed E-state index contributed by atoms with van der Waals surface area (Å²) in [4.78, 5) is 5.80. The van der Waals surface area contributed by atoms with Crippen molar-refractivity contribution in [1.82, 2.24) is 5.16 Å². The van der Waals surface area contributed by atoms with Gasteiger partial charge in [-0.3, -0.25) is 0 Å². The molecule has 2 aromatic rings. The lowest BCUT2D eigenvalue weighted by molar-refractivity contribution is -1.00. The van der Waals surface area contributed by atoms with Crippen LogP contribution in [-0.4, -0.2) is 12.3 Å². The lowest BCUT2D eigenvalue weighted by atomic mass is 10.3. The molecule has 1 heterocycles. The third-order valence-electron chi connectivity index (χ3n) is 1.59. The third kappa shape index (κ3) is 1.27. The number of rotatable bonds is 1. The lowest BCUT2D eigenvalue weighted by Gasteiger charge is -1.89. The molecule has 0 unspecified atom stereocenters. The molecule has 2 rings (SSSR count). The zero-order chi connectivity index (χ0) is 9.42. The summed E-state index contributed by atoms with van der Waals surface area (Å²) in [7, 11) is 1.41. The van der Waals surface area contributed by atoms with Crippen molar-refractivity contribution in [2.24, 2.45) is 0 Å². The quantitative estimate of drug-likeness (QED) is 0.757. The van der Waals surface area contributed by atoms with Crippen molar-refractivity contribution in [3.8, 4) is 0 Å². The Labute approximate surface area is 80.9 Å². The maximum Gasteiger partial charge on any atom is 0.279 e. The number of hydrogen-bond donors (Lipinski definition) is 0. The van der Waals surface area contributed by atoms with Gasteiger partial charge in [-0.25, -0.2) is 4.39 Å². The maximum atomic E-state index is 13.1. The summed E-state index contributed by atoms with van der Waals surface area (Å²) in [5.41, 5.74) is 0.971. The first-order valence-electron chi connectivity index (χ1n) is 3.44. The van der Waals surface area contributed by atoms with E-state index in [9.17, 15) is 4.39 Å². The Kier molecular flexibility index (Phi) is 1.91. The van der Waals surface area contributed by atoms with Gasteiger partial charge in [0.05, 0.1) is 4.47 Å². The van der Waals surface area contributed by atoms with Gasteiger partial charge in [-0.15, -0.1) is 0 Å². The first-order chi connectivity index (χ1) is 6.22. The molecule has 0 aliphatic rings. The van der Waals surface area contributed by atoms with Gasteiger partial charge in [-0.05, 0) is 20.6 Å². The highest BCUT2D eigenvalue weighted by Crippen LogP contribution is 2.19. The van der Waals surface area contributed by atoms with Gasteiger partial charge in [-0.2, -0.15) is 0 Å². The SMILES string of the molecule is CO[n+]1onc2cc(Br)c(F)cc21. The summed E-state index contributed by atoms with van der Waals surface area (Å²) in [6.07, 6.45) is 0. The van der Waals surface area contributed by atoms with Crippen LogP contribution in [0.3, 0.4) is 0 Å². The maximum absolute atomic E-state index is 13.1. The summed E-state index contributed by atoms with van der Waals surface area (Å²) in [6, 6.07) is 2.79. The second kappa shape index (κ2) is 2.95. The molecule has 0 amide bonds. The summed E-state index contributed by atoms with van der Waals surface area (Å²) in [6.45, 7) is 0. The molecule has 1 aromatic carbocycles. The molecule has 4 nitrogen and oxygen atoms in total. The second-order valence-corrected chi connectivity index (χ2v) is 3.22. The molecular formula is C7H5BrFN2O2+. The molecule has 0 atom stereocenters. The van der Waals surface area contributed by atoms with Crippen LogP contribution >= 0.6 is 15.9 Å². The van der Waals surface area contributed by atoms with Crippen molar-refractivity contribution in [2.75, 3.05) is 7.11 Å². The summed E-state index contributed by atoms with van der Waals surface area (Å²) < 4.78 is 18.1. The van der Waals surface area contributed by atoms with Crippen molar-refractivity contribution in [3.63, 3.8) is 0 Å². The highest BCUT2D eigenvalue weighted by atomic mass is 79.9. The Morgan fingerprint density at radius 3 is 3.08 bits per heavy atom. The van der Waals surface area contributed by atoms with Crippen LogP contribution in [0.4, 0.5) is 4.39 Å². The molecule has 0 bridgehead atoms. The van der Waals surface area contributed by atoms with Gasteiger partial charge in [0.25, 0.3) is 11.0 Å². The van der Waals surface area contributed by atoms with E-state index >= 15 is 0 Å². The van der Waals surface area contributed by atoms with Crippen LogP contribution in [0.15, 0.2) is 21.2 Å². The van der Waals surface area contributed by atoms with E-state index < -0.39 is 0 Å². The number of halogens is 2. The van der Waals surface area contributed by atoms with Crippen molar-refractivity contribution < 1.29 is 18.8 Å². The Hall–Kier alpha value is -1.17. The number of hydrogen-bond acceptors (Lipinski definition) is 3. The molecule has 0 spiro atoms. The van der Waals surface area contributed by atoms with E-state index in [1.807, 2.05) is 0 Å². The Balaban J connectivity index is 2.77. The van der Waals surface area contributed by atoms with E-state index in [2.05, 4.69) is 21.1 Å². The zero-order valence-electron chi connectivity index (χ0n) is 6.62. The van der Waals surface area contributed by atoms with Crippen LogP contribution in [0.2, 0.25) is 0 Å². The molecular weight excluding hydrogens is 243 g/mol. The van der Waals surface area contributed by atoms with Crippen LogP contribution in [-0.2, 0) is 0 Å². The number of benzene rings is 1. The van der Waals surface area contributed by atoms with Crippen molar-refractivity contribution in [3.05, 3.63) is 22.4 Å². The van der Waals surface area contributed by atoms with Gasteiger partial charge in [0.2, 0.25) is 0 Å². The van der Waals surface area contributed by atoms with Crippen LogP contribution in [0.5, 0.6) is 0 Å². The fraction of sp³-hybridized carbons (Fsp3) is 0.143. The van der Waals surface area contributed by atoms with E-state index in [1.165, 1.54) is 19.2 Å². The normalized spacial score (nSPS) is 10.7. The fourth-order valence-corrected chi connectivity index (χ4v) is 1.33. The van der Waals surface area contributed by atoms with E-state index in [0.717, 1.165) is 4.90 Å². The molecule has 6 heteroatoms. The second-order valence-electron chi connectivity index (χ2n) is 2.37. The lowest BCUT2D eigenvalue weighted by Crippen LogP contribution is -2.38. The van der Waals surface area contributed by atoms with Gasteiger partial charge in [0, 0.05) is 12.1 Å². The van der Waals surface area contributed by atoms with Crippen LogP contribution < -0.4 is 9.74 Å². The standard InChI is InChI=1S/C7H5BrFN2O2/c1-12-11-7-3-5(9)4(8)2-6(7)10-13-11/h2-3H,1H3/q+1. The van der Waals surface area contributed by atoms with Gasteiger partial charge in [0.15, 0.2) is 5.16 Å². The summed E-state index contributed by atoms with van der Waals surface area (Å²) >= 11 is 3.04. The molecule has 13 heavy (non-hydrogen) atoms. The average Bonchev–Trinajstić information content (AvgIpc) is 2.48. The fourth-order valence-electron chi connectivity index (χ4n) is 1.00. The van der Waals surface area contributed by atoms with Crippen molar-refractivity contribution >= 4 is 27.0 Å². The smallest absolute Gasteiger partial charge is 0.279 e. The minimum Gasteiger partial charge on any atom is -0.305 e. The van der Waals surface area contributed by atoms with Crippen molar-refractivity contribution in [2.45, 2.75) is 0 Å². The topological polar surface area (TPSA) is 39.1 Å². The Bertz CT molecular complexity index is 457. The predicted octanol–water partition coefficient (Wildman–Crippen LogP) is 1.08. The molecule has 0 N–H and O–H groups in total. The Morgan fingerprint density at radius 2 is 2.38 bits per heavy atom. The van der Waals surface area contributed by atoms with Crippen LogP contribution in [0.25, 0.3) is 11.0 Å². The molecule has 0 radical (unpaired) electrons. The van der Waals surface area contributed by atoms with E-state index in [4.69, 9.17) is 9.47 Å². The average molecular weight is 248 g/mol. The largest absolute Gasteiger partial charge is 0.305 e. The molecule has 68 valence electrons. The molecule has 0 fully saturated rings. The highest BCUT2D eigenvalue weighted by molar-refractivity contribution is 9.10. The minimum absolute atomic E-state index is 0.344. The number of nitrogens with zero attached hydrogens (tertiary/aromatic N) is 2. The van der Waals surface area contributed by atoms with Crippen LogP contribution in [0.1, 0.15) is 0 Å². The summed E-state index contributed by atoms with van der Waals surface area (Å²) in [5, 5.41) is 3.66. The molecule has 0 aliphatic heterocycles. The van der Waals surface area contributed by atoms with Gasteiger partial charge >= 0.3 is 0 Å². The Morgan fingerprint density at radius 1 is 1.62 bits per heavy atom. The van der Waals surface area contributed by atoms with Crippen LogP contribution in [0, 0.1) is 5.82 Å². The molecule has 1 aromatic heterocycles. The third-order valence-corrected chi connectivity index (χ3v) is 2.20. The van der Waals surface area contributed by atoms with Gasteiger partial charge in [-0.1, -0.05) is 0 Å². The molecule has 0 aliphatic carbocycles. The zero-order valence-corrected chi connectivity index (χ0v) is 8.21. The first-order valence-corrected chi connectivity index (χ1v) is 4.23. The number of fused-ring (bicyclic) bond motifs is 1. The van der Waals surface area contributed by atoms with Gasteiger partial charge in [0.1, 0.15) is 17.8 Å². The monoisotopic (exact) mass is 247 g/mol. The van der Waals surface area contributed by atoms with Gasteiger partial charge < -0.3 is 4.84 Å². The number of aromatic nitrogens is 2. The van der Waals surface area contributed by atoms with E-state index in [-0.39, 0.29) is 5.82 Å². The minimum atomic E-state index is -0.387. The molecule has 0 saturated heterocycles. The molecule has 0 saturated carbocycles. The summed E-state index contributed by atoms with van der Waals surface area (Å²) in [5.74, 6) is -0.387. The first kappa shape index (κ1) is 8.43. The van der Waals surface area contributed by atoms with E-state index in [1.54, 1.807) is 0 Å². The highest BCUT2D eigenvalue weighted by Gasteiger charge is 2.18. The van der Waals surface area contributed by atoms with Crippen molar-refractivity contribution in [1.29, 1.82) is 0 Å². The predicted molar refractivity (Wildman–Crippen MR) is 44.4 cm³/mol.